The number of imidazole rings is 1. The van der Waals surface area contributed by atoms with Crippen LogP contribution in [0, 0.1) is 34.8 Å². The maximum atomic E-state index is 13.7. The largest absolute Gasteiger partial charge is 0.403 e. The molecule has 5 atom stereocenters. The first-order valence-corrected chi connectivity index (χ1v) is 10.4. The molecule has 1 N–H and O–H groups in total. The second-order valence-corrected chi connectivity index (χ2v) is 9.01. The van der Waals surface area contributed by atoms with Crippen molar-refractivity contribution >= 4 is 16.9 Å². The quantitative estimate of drug-likeness (QED) is 0.701. The number of carbonyl (C=O) groups is 1. The summed E-state index contributed by atoms with van der Waals surface area (Å²) in [6, 6.07) is 2.06. The van der Waals surface area contributed by atoms with Gasteiger partial charge in [-0.1, -0.05) is 6.92 Å². The average Bonchev–Trinajstić information content (AvgIpc) is 3.54. The van der Waals surface area contributed by atoms with Crippen molar-refractivity contribution in [3.63, 3.8) is 0 Å². The van der Waals surface area contributed by atoms with Crippen LogP contribution in [0.25, 0.3) is 11.0 Å². The van der Waals surface area contributed by atoms with Gasteiger partial charge in [0.25, 0.3) is 0 Å². The van der Waals surface area contributed by atoms with Crippen molar-refractivity contribution in [3.05, 3.63) is 30.1 Å². The third-order valence-corrected chi connectivity index (χ3v) is 7.44. The number of amides is 1. The van der Waals surface area contributed by atoms with Crippen LogP contribution in [0.5, 0.6) is 0 Å². The Morgan fingerprint density at radius 2 is 1.87 bits per heavy atom. The Morgan fingerprint density at radius 1 is 1.23 bits per heavy atom. The minimum absolute atomic E-state index is 0.0873. The van der Waals surface area contributed by atoms with Crippen LogP contribution in [0.4, 0.5) is 22.0 Å². The van der Waals surface area contributed by atoms with Gasteiger partial charge >= 0.3 is 6.18 Å². The number of halogens is 5. The van der Waals surface area contributed by atoms with Gasteiger partial charge < -0.3 is 9.88 Å². The van der Waals surface area contributed by atoms with E-state index in [2.05, 4.69) is 10.3 Å². The molecule has 3 saturated carbocycles. The monoisotopic (exact) mass is 427 g/mol. The first-order valence-electron chi connectivity index (χ1n) is 10.4. The van der Waals surface area contributed by atoms with Gasteiger partial charge in [0.2, 0.25) is 5.91 Å². The number of alkyl halides is 3. The highest BCUT2D eigenvalue weighted by Crippen LogP contribution is 2.63. The first kappa shape index (κ1) is 19.8. The summed E-state index contributed by atoms with van der Waals surface area (Å²) in [5.74, 6) is -1.95. The lowest BCUT2D eigenvalue weighted by molar-refractivity contribution is -0.192. The lowest BCUT2D eigenvalue weighted by Crippen LogP contribution is -2.46. The molecule has 5 rings (SSSR count). The molecule has 0 bridgehead atoms. The number of nitrogens with one attached hydrogen (secondary N) is 1. The van der Waals surface area contributed by atoms with E-state index in [1.165, 1.54) is 0 Å². The summed E-state index contributed by atoms with van der Waals surface area (Å²) in [7, 11) is 0. The average molecular weight is 427 g/mol. The molecule has 3 fully saturated rings. The van der Waals surface area contributed by atoms with Gasteiger partial charge in [0.05, 0.1) is 17.4 Å². The van der Waals surface area contributed by atoms with Crippen LogP contribution in [-0.2, 0) is 4.79 Å². The van der Waals surface area contributed by atoms with E-state index in [0.29, 0.717) is 29.3 Å². The molecule has 1 amide bonds. The number of fused-ring (bicyclic) bond motifs is 2. The van der Waals surface area contributed by atoms with Crippen LogP contribution in [0.1, 0.15) is 45.1 Å². The smallest absolute Gasteiger partial charge is 0.352 e. The second-order valence-electron chi connectivity index (χ2n) is 9.01. The zero-order valence-electron chi connectivity index (χ0n) is 16.3. The van der Waals surface area contributed by atoms with Crippen molar-refractivity contribution in [2.45, 2.75) is 57.3 Å². The zero-order chi connectivity index (χ0) is 21.4. The molecule has 2 aromatic rings. The van der Waals surface area contributed by atoms with Gasteiger partial charge in [0.15, 0.2) is 11.6 Å². The molecule has 1 aromatic heterocycles. The lowest BCUT2D eigenvalue weighted by Gasteiger charge is -2.25. The van der Waals surface area contributed by atoms with Crippen LogP contribution in [0.3, 0.4) is 0 Å². The summed E-state index contributed by atoms with van der Waals surface area (Å²) in [4.78, 5) is 16.5. The van der Waals surface area contributed by atoms with E-state index in [4.69, 9.17) is 0 Å². The highest BCUT2D eigenvalue weighted by atomic mass is 19.4. The molecule has 4 nitrogen and oxygen atoms in total. The van der Waals surface area contributed by atoms with Crippen molar-refractivity contribution in [2.75, 3.05) is 0 Å². The van der Waals surface area contributed by atoms with E-state index in [-0.39, 0.29) is 30.8 Å². The Hall–Kier alpha value is -2.19. The maximum Gasteiger partial charge on any atom is 0.403 e. The molecule has 2 unspecified atom stereocenters. The van der Waals surface area contributed by atoms with Gasteiger partial charge in [-0.3, -0.25) is 4.79 Å². The minimum atomic E-state index is -4.50. The number of hydrogen-bond donors (Lipinski definition) is 1. The van der Waals surface area contributed by atoms with Crippen molar-refractivity contribution in [1.29, 1.82) is 0 Å². The van der Waals surface area contributed by atoms with E-state index < -0.39 is 29.1 Å². The second kappa shape index (κ2) is 6.40. The van der Waals surface area contributed by atoms with Crippen LogP contribution in [0.15, 0.2) is 18.5 Å². The Bertz CT molecular complexity index is 1000. The first-order chi connectivity index (χ1) is 14.2. The molecule has 162 valence electrons. The maximum absolute atomic E-state index is 13.7. The van der Waals surface area contributed by atoms with E-state index >= 15 is 0 Å². The van der Waals surface area contributed by atoms with Crippen LogP contribution in [-0.4, -0.2) is 27.7 Å². The van der Waals surface area contributed by atoms with E-state index in [9.17, 15) is 26.7 Å². The molecule has 0 spiro atoms. The normalized spacial score (nSPS) is 30.2. The molecule has 0 aliphatic heterocycles. The molecule has 1 aromatic carbocycles. The predicted octanol–water partition coefficient (Wildman–Crippen LogP) is 4.75. The summed E-state index contributed by atoms with van der Waals surface area (Å²) >= 11 is 0. The molecule has 30 heavy (non-hydrogen) atoms. The van der Waals surface area contributed by atoms with Crippen LogP contribution < -0.4 is 5.32 Å². The molecule has 0 radical (unpaired) electrons. The number of benzene rings is 1. The molecule has 1 heterocycles. The van der Waals surface area contributed by atoms with Crippen molar-refractivity contribution < 1.29 is 26.7 Å². The predicted molar refractivity (Wildman–Crippen MR) is 98.3 cm³/mol. The van der Waals surface area contributed by atoms with Crippen molar-refractivity contribution in [2.24, 2.45) is 23.2 Å². The van der Waals surface area contributed by atoms with Gasteiger partial charge in [0, 0.05) is 24.2 Å². The fourth-order valence-corrected chi connectivity index (χ4v) is 5.54. The molecule has 0 saturated heterocycles. The highest BCUT2D eigenvalue weighted by molar-refractivity contribution is 5.86. The Balaban J connectivity index is 1.26. The molecule has 3 aliphatic rings. The van der Waals surface area contributed by atoms with Gasteiger partial charge in [-0.25, -0.2) is 13.8 Å². The lowest BCUT2D eigenvalue weighted by atomic mass is 9.97. The summed E-state index contributed by atoms with van der Waals surface area (Å²) in [6.45, 7) is 1.88. The zero-order valence-corrected chi connectivity index (χ0v) is 16.3. The Morgan fingerprint density at radius 3 is 2.43 bits per heavy atom. The van der Waals surface area contributed by atoms with E-state index in [1.54, 1.807) is 6.33 Å². The Labute approximate surface area is 169 Å². The van der Waals surface area contributed by atoms with E-state index in [0.717, 1.165) is 25.0 Å². The number of hydrogen-bond acceptors (Lipinski definition) is 2. The van der Waals surface area contributed by atoms with Gasteiger partial charge in [-0.2, -0.15) is 13.2 Å². The third kappa shape index (κ3) is 2.84. The molecular formula is C21H22F5N3O. The van der Waals surface area contributed by atoms with Gasteiger partial charge in [-0.15, -0.1) is 0 Å². The Kier molecular flexibility index (Phi) is 4.22. The molecule has 9 heteroatoms. The number of rotatable bonds is 5. The topological polar surface area (TPSA) is 46.9 Å². The fourth-order valence-electron chi connectivity index (χ4n) is 5.54. The van der Waals surface area contributed by atoms with Crippen LogP contribution in [0.2, 0.25) is 0 Å². The molecular weight excluding hydrogens is 405 g/mol. The molecule has 3 aliphatic carbocycles. The highest BCUT2D eigenvalue weighted by Gasteiger charge is 2.69. The SMILES string of the molecule is CC[C@@H](NC(=O)C1(C(F)(F)F)CC1)C1[C@H]2CC(n3cnc4cc(F)c(F)cc43)C[C@@H]12. The summed E-state index contributed by atoms with van der Waals surface area (Å²) in [5.41, 5.74) is -1.26. The minimum Gasteiger partial charge on any atom is -0.352 e. The summed E-state index contributed by atoms with van der Waals surface area (Å²) in [5, 5.41) is 2.69. The van der Waals surface area contributed by atoms with Gasteiger partial charge in [0.1, 0.15) is 5.41 Å². The number of carbonyl (C=O) groups excluding carboxylic acids is 1. The third-order valence-electron chi connectivity index (χ3n) is 7.44. The van der Waals surface area contributed by atoms with Gasteiger partial charge in [-0.05, 0) is 49.9 Å². The van der Waals surface area contributed by atoms with Crippen LogP contribution >= 0.6 is 0 Å². The van der Waals surface area contributed by atoms with E-state index in [1.807, 2.05) is 11.5 Å². The van der Waals surface area contributed by atoms with Crippen molar-refractivity contribution in [3.8, 4) is 0 Å². The fraction of sp³-hybridized carbons (Fsp3) is 0.619. The summed E-state index contributed by atoms with van der Waals surface area (Å²) < 4.78 is 68.6. The number of nitrogens with zero attached hydrogens (tertiary/aromatic N) is 2. The standard InChI is InChI=1S/C21H22F5N3O/c1-2-15(28-19(30)20(3-4-20)21(24,25)26)18-11-5-10(6-12(11)18)29-9-27-16-7-13(22)14(23)8-17(16)29/h7-12,15,18H,2-6H2,1H3,(H,28,30)/t10?,11-,12+,15-,18?/m1/s1. The number of aromatic nitrogens is 2. The summed E-state index contributed by atoms with van der Waals surface area (Å²) in [6.07, 6.45) is -1.02. The van der Waals surface area contributed by atoms with Crippen molar-refractivity contribution in [1.82, 2.24) is 14.9 Å².